The molecular weight excluding hydrogens is 401 g/mol. The van der Waals surface area contributed by atoms with Crippen molar-refractivity contribution >= 4 is 16.8 Å². The van der Waals surface area contributed by atoms with Crippen molar-refractivity contribution in [3.8, 4) is 0 Å². The maximum atomic E-state index is 12.8. The number of nitrogens with one attached hydrogen (secondary N) is 1. The Hall–Kier alpha value is -3.24. The number of hydrogen-bond donors (Lipinski definition) is 1. The molecule has 1 aliphatic rings. The lowest BCUT2D eigenvalue weighted by atomic mass is 10.2. The minimum absolute atomic E-state index is 0.272. The summed E-state index contributed by atoms with van der Waals surface area (Å²) in [7, 11) is 0. The number of rotatable bonds is 5. The standard InChI is InChI=1S/C19H19F3N6O2/c1-10(14-6-3-12(7-23-14)19(20,21)22)25-16(29)9-27-18(30)17-11(2)26-28(13-4-5-13)15(17)8-24-27/h3,6-8,10,13H,4-5,9H2,1-2H3,(H,25,29). The topological polar surface area (TPSA) is 94.7 Å². The Morgan fingerprint density at radius 1 is 1.30 bits per heavy atom. The highest BCUT2D eigenvalue weighted by Crippen LogP contribution is 2.36. The van der Waals surface area contributed by atoms with Crippen molar-refractivity contribution in [1.29, 1.82) is 0 Å². The highest BCUT2D eigenvalue weighted by Gasteiger charge is 2.31. The van der Waals surface area contributed by atoms with Gasteiger partial charge in [0.1, 0.15) is 6.54 Å². The second-order valence-corrected chi connectivity index (χ2v) is 7.39. The van der Waals surface area contributed by atoms with E-state index in [2.05, 4.69) is 20.5 Å². The van der Waals surface area contributed by atoms with Gasteiger partial charge in [-0.1, -0.05) is 0 Å². The third-order valence-corrected chi connectivity index (χ3v) is 5.01. The van der Waals surface area contributed by atoms with E-state index in [0.717, 1.165) is 29.8 Å². The first-order valence-electron chi connectivity index (χ1n) is 9.42. The molecule has 158 valence electrons. The first-order chi connectivity index (χ1) is 14.1. The van der Waals surface area contributed by atoms with Crippen LogP contribution < -0.4 is 10.9 Å². The third-order valence-electron chi connectivity index (χ3n) is 5.01. The average molecular weight is 420 g/mol. The zero-order valence-corrected chi connectivity index (χ0v) is 16.3. The zero-order valence-electron chi connectivity index (χ0n) is 16.3. The Morgan fingerprint density at radius 2 is 2.03 bits per heavy atom. The molecule has 8 nitrogen and oxygen atoms in total. The van der Waals surface area contributed by atoms with Gasteiger partial charge in [0, 0.05) is 6.20 Å². The second-order valence-electron chi connectivity index (χ2n) is 7.39. The molecule has 3 heterocycles. The number of carbonyl (C=O) groups is 1. The molecule has 1 amide bonds. The quantitative estimate of drug-likeness (QED) is 0.685. The van der Waals surface area contributed by atoms with E-state index >= 15 is 0 Å². The largest absolute Gasteiger partial charge is 0.417 e. The monoisotopic (exact) mass is 420 g/mol. The molecule has 11 heteroatoms. The number of pyridine rings is 1. The van der Waals surface area contributed by atoms with Crippen LogP contribution >= 0.6 is 0 Å². The fourth-order valence-electron chi connectivity index (χ4n) is 3.30. The van der Waals surface area contributed by atoms with Gasteiger partial charge in [-0.15, -0.1) is 0 Å². The van der Waals surface area contributed by atoms with E-state index in [9.17, 15) is 22.8 Å². The van der Waals surface area contributed by atoms with Gasteiger partial charge in [0.15, 0.2) is 0 Å². The number of aromatic nitrogens is 5. The number of alkyl halides is 3. The van der Waals surface area contributed by atoms with E-state index in [4.69, 9.17) is 0 Å². The highest BCUT2D eigenvalue weighted by atomic mass is 19.4. The number of aryl methyl sites for hydroxylation is 1. The number of amides is 1. The predicted molar refractivity (Wildman–Crippen MR) is 101 cm³/mol. The van der Waals surface area contributed by atoms with Gasteiger partial charge in [-0.05, 0) is 38.8 Å². The number of carbonyl (C=O) groups excluding carboxylic acids is 1. The van der Waals surface area contributed by atoms with Crippen LogP contribution in [-0.2, 0) is 17.5 Å². The fourth-order valence-corrected chi connectivity index (χ4v) is 3.30. The molecule has 0 aromatic carbocycles. The molecule has 1 N–H and O–H groups in total. The van der Waals surface area contributed by atoms with E-state index in [1.165, 1.54) is 12.3 Å². The minimum atomic E-state index is -4.48. The summed E-state index contributed by atoms with van der Waals surface area (Å²) < 4.78 is 40.8. The molecule has 1 saturated carbocycles. The van der Waals surface area contributed by atoms with Crippen molar-refractivity contribution in [2.24, 2.45) is 0 Å². The summed E-state index contributed by atoms with van der Waals surface area (Å²) in [5, 5.41) is 11.6. The van der Waals surface area contributed by atoms with Gasteiger partial charge in [0.2, 0.25) is 5.91 Å². The van der Waals surface area contributed by atoms with E-state index in [1.54, 1.807) is 13.8 Å². The summed E-state index contributed by atoms with van der Waals surface area (Å²) in [4.78, 5) is 28.9. The Kier molecular flexibility index (Phi) is 4.83. The Morgan fingerprint density at radius 3 is 2.63 bits per heavy atom. The second kappa shape index (κ2) is 7.22. The van der Waals surface area contributed by atoms with Crippen LogP contribution in [0.2, 0.25) is 0 Å². The minimum Gasteiger partial charge on any atom is -0.346 e. The lowest BCUT2D eigenvalue weighted by Crippen LogP contribution is -2.35. The summed E-state index contributed by atoms with van der Waals surface area (Å²) in [6.45, 7) is 3.01. The summed E-state index contributed by atoms with van der Waals surface area (Å²) >= 11 is 0. The van der Waals surface area contributed by atoms with Crippen molar-refractivity contribution in [1.82, 2.24) is 29.9 Å². The number of halogens is 3. The van der Waals surface area contributed by atoms with Gasteiger partial charge in [-0.25, -0.2) is 4.68 Å². The smallest absolute Gasteiger partial charge is 0.346 e. The molecule has 0 aliphatic heterocycles. The van der Waals surface area contributed by atoms with E-state index in [-0.39, 0.29) is 12.2 Å². The normalized spacial score (nSPS) is 15.4. The van der Waals surface area contributed by atoms with Crippen LogP contribution in [0.1, 0.15) is 48.8 Å². The molecule has 1 fully saturated rings. The molecule has 3 aromatic heterocycles. The SMILES string of the molecule is Cc1nn(C2CC2)c2cnn(CC(=O)NC(C)c3ccc(C(F)(F)F)cn3)c(=O)c12. The average Bonchev–Trinajstić information content (AvgIpc) is 3.47. The fraction of sp³-hybridized carbons (Fsp3) is 0.421. The van der Waals surface area contributed by atoms with Gasteiger partial charge in [-0.2, -0.15) is 23.4 Å². The van der Waals surface area contributed by atoms with Crippen LogP contribution in [0.25, 0.3) is 10.9 Å². The van der Waals surface area contributed by atoms with Gasteiger partial charge in [0.25, 0.3) is 5.56 Å². The molecule has 0 bridgehead atoms. The van der Waals surface area contributed by atoms with Gasteiger partial charge >= 0.3 is 6.18 Å². The summed E-state index contributed by atoms with van der Waals surface area (Å²) in [5.74, 6) is -0.509. The lowest BCUT2D eigenvalue weighted by molar-refractivity contribution is -0.137. The summed E-state index contributed by atoms with van der Waals surface area (Å²) in [6.07, 6.45) is -0.203. The van der Waals surface area contributed by atoms with Crippen LogP contribution in [0.4, 0.5) is 13.2 Å². The molecule has 1 unspecified atom stereocenters. The summed E-state index contributed by atoms with van der Waals surface area (Å²) in [5.41, 5.74) is 0.233. The van der Waals surface area contributed by atoms with Crippen molar-refractivity contribution in [2.75, 3.05) is 0 Å². The predicted octanol–water partition coefficient (Wildman–Crippen LogP) is 2.53. The number of nitrogens with zero attached hydrogens (tertiary/aromatic N) is 5. The maximum Gasteiger partial charge on any atom is 0.417 e. The van der Waals surface area contributed by atoms with E-state index in [0.29, 0.717) is 22.6 Å². The first-order valence-corrected chi connectivity index (χ1v) is 9.42. The molecule has 1 atom stereocenters. The molecular formula is C19H19F3N6O2. The molecule has 0 spiro atoms. The van der Waals surface area contributed by atoms with Crippen molar-refractivity contribution < 1.29 is 18.0 Å². The molecule has 3 aromatic rings. The highest BCUT2D eigenvalue weighted by molar-refractivity contribution is 5.81. The van der Waals surface area contributed by atoms with Crippen molar-refractivity contribution in [2.45, 2.75) is 51.5 Å². The molecule has 30 heavy (non-hydrogen) atoms. The zero-order chi connectivity index (χ0) is 21.6. The van der Waals surface area contributed by atoms with Crippen LogP contribution in [0.5, 0.6) is 0 Å². The van der Waals surface area contributed by atoms with Crippen molar-refractivity contribution in [3.63, 3.8) is 0 Å². The third kappa shape index (κ3) is 3.79. The number of fused-ring (bicyclic) bond motifs is 1. The van der Waals surface area contributed by atoms with E-state index in [1.807, 2.05) is 4.68 Å². The van der Waals surface area contributed by atoms with Gasteiger partial charge in [0.05, 0.1) is 46.1 Å². The number of hydrogen-bond acceptors (Lipinski definition) is 5. The van der Waals surface area contributed by atoms with Crippen LogP contribution in [0, 0.1) is 6.92 Å². The molecule has 1 aliphatic carbocycles. The maximum absolute atomic E-state index is 12.8. The van der Waals surface area contributed by atoms with Crippen LogP contribution in [0.3, 0.4) is 0 Å². The van der Waals surface area contributed by atoms with Gasteiger partial charge in [-0.3, -0.25) is 19.3 Å². The van der Waals surface area contributed by atoms with Gasteiger partial charge < -0.3 is 5.32 Å². The molecule has 0 saturated heterocycles. The van der Waals surface area contributed by atoms with Crippen LogP contribution in [-0.4, -0.2) is 30.5 Å². The Balaban J connectivity index is 1.48. The Labute approximate surface area is 168 Å². The molecule has 4 rings (SSSR count). The van der Waals surface area contributed by atoms with Crippen LogP contribution in [0.15, 0.2) is 29.3 Å². The first kappa shape index (κ1) is 20.0. The van der Waals surface area contributed by atoms with E-state index < -0.39 is 29.2 Å². The Bertz CT molecular complexity index is 1160. The molecule has 0 radical (unpaired) electrons. The lowest BCUT2D eigenvalue weighted by Gasteiger charge is -2.15. The van der Waals surface area contributed by atoms with Crippen molar-refractivity contribution in [3.05, 3.63) is 51.8 Å². The summed E-state index contributed by atoms with van der Waals surface area (Å²) in [6, 6.07) is 1.77.